The summed E-state index contributed by atoms with van der Waals surface area (Å²) in [6, 6.07) is 7.00. The normalized spacial score (nSPS) is 26.9. The molecule has 2 aliphatic heterocycles. The molecule has 4 heteroatoms. The van der Waals surface area contributed by atoms with Gasteiger partial charge in [0.2, 0.25) is 0 Å². The molecule has 1 N–H and O–H groups in total. The number of likely N-dealkylation sites (tertiary alicyclic amines) is 1. The number of hydrogen-bond donors (Lipinski definition) is 1. The molecule has 2 fully saturated rings. The molecule has 0 amide bonds. The molecule has 2 saturated heterocycles. The molecule has 2 unspecified atom stereocenters. The summed E-state index contributed by atoms with van der Waals surface area (Å²) < 4.78 is 18.5. The minimum absolute atomic E-state index is 0.217. The summed E-state index contributed by atoms with van der Waals surface area (Å²) in [7, 11) is 0. The van der Waals surface area contributed by atoms with Gasteiger partial charge in [0.05, 0.1) is 0 Å². The number of benzene rings is 1. The second-order valence-corrected chi connectivity index (χ2v) is 6.21. The number of hydrogen-bond acceptors (Lipinski definition) is 3. The van der Waals surface area contributed by atoms with Crippen LogP contribution < -0.4 is 10.1 Å². The topological polar surface area (TPSA) is 24.5 Å². The van der Waals surface area contributed by atoms with Gasteiger partial charge in [-0.3, -0.25) is 4.90 Å². The van der Waals surface area contributed by atoms with Crippen LogP contribution in [0.4, 0.5) is 4.39 Å². The Morgan fingerprint density at radius 3 is 2.81 bits per heavy atom. The number of ether oxygens (including phenoxy) is 1. The van der Waals surface area contributed by atoms with Crippen molar-refractivity contribution >= 4 is 0 Å². The predicted octanol–water partition coefficient (Wildman–Crippen LogP) is 2.67. The Balaban J connectivity index is 1.41. The number of halogens is 1. The number of nitrogens with zero attached hydrogens (tertiary/aromatic N) is 1. The quantitative estimate of drug-likeness (QED) is 0.903. The van der Waals surface area contributed by atoms with Crippen LogP contribution >= 0.6 is 0 Å². The second kappa shape index (κ2) is 7.23. The van der Waals surface area contributed by atoms with E-state index in [1.165, 1.54) is 57.5 Å². The summed E-state index contributed by atoms with van der Waals surface area (Å²) in [5, 5.41) is 3.64. The molecule has 1 aromatic carbocycles. The average Bonchev–Trinajstić information content (AvgIpc) is 3.04. The van der Waals surface area contributed by atoms with Crippen LogP contribution in [0.5, 0.6) is 5.75 Å². The van der Waals surface area contributed by atoms with Crippen molar-refractivity contribution in [2.24, 2.45) is 5.92 Å². The molecule has 3 nitrogen and oxygen atoms in total. The Morgan fingerprint density at radius 2 is 2.05 bits per heavy atom. The standard InChI is InChI=1S/C17H25FN2O/c18-15-5-7-16(8-6-15)21-12-11-20-10-2-3-14(13-20)17-4-1-9-19-17/h5-8,14,17,19H,1-4,9-13H2. The van der Waals surface area contributed by atoms with Gasteiger partial charge in [-0.15, -0.1) is 0 Å². The molecule has 0 aromatic heterocycles. The molecule has 0 aliphatic carbocycles. The number of nitrogens with one attached hydrogen (secondary N) is 1. The smallest absolute Gasteiger partial charge is 0.123 e. The monoisotopic (exact) mass is 292 g/mol. The van der Waals surface area contributed by atoms with Crippen molar-refractivity contribution < 1.29 is 9.13 Å². The van der Waals surface area contributed by atoms with Gasteiger partial charge in [-0.1, -0.05) is 0 Å². The molecule has 21 heavy (non-hydrogen) atoms. The predicted molar refractivity (Wildman–Crippen MR) is 82.1 cm³/mol. The third kappa shape index (κ3) is 4.17. The van der Waals surface area contributed by atoms with Gasteiger partial charge in [-0.25, -0.2) is 4.39 Å². The number of piperidine rings is 1. The second-order valence-electron chi connectivity index (χ2n) is 6.21. The van der Waals surface area contributed by atoms with Crippen LogP contribution in [0.2, 0.25) is 0 Å². The molecule has 0 radical (unpaired) electrons. The van der Waals surface area contributed by atoms with Crippen molar-refractivity contribution in [2.75, 3.05) is 32.8 Å². The lowest BCUT2D eigenvalue weighted by molar-refractivity contribution is 0.130. The Labute approximate surface area is 126 Å². The van der Waals surface area contributed by atoms with E-state index in [9.17, 15) is 4.39 Å². The molecule has 3 rings (SSSR count). The Kier molecular flexibility index (Phi) is 5.09. The first kappa shape index (κ1) is 14.8. The van der Waals surface area contributed by atoms with E-state index < -0.39 is 0 Å². The summed E-state index contributed by atoms with van der Waals surface area (Å²) in [4.78, 5) is 2.51. The first-order valence-corrected chi connectivity index (χ1v) is 8.15. The maximum atomic E-state index is 12.8. The van der Waals surface area contributed by atoms with Gasteiger partial charge in [0.1, 0.15) is 18.2 Å². The van der Waals surface area contributed by atoms with E-state index in [-0.39, 0.29) is 5.82 Å². The van der Waals surface area contributed by atoms with E-state index in [0.29, 0.717) is 6.61 Å². The van der Waals surface area contributed by atoms with E-state index in [0.717, 1.165) is 24.3 Å². The molecule has 2 heterocycles. The van der Waals surface area contributed by atoms with Crippen molar-refractivity contribution in [3.05, 3.63) is 30.1 Å². The Bertz CT molecular complexity index is 431. The Morgan fingerprint density at radius 1 is 1.19 bits per heavy atom. The van der Waals surface area contributed by atoms with Crippen molar-refractivity contribution in [1.29, 1.82) is 0 Å². The first-order chi connectivity index (χ1) is 10.3. The van der Waals surface area contributed by atoms with Gasteiger partial charge in [0, 0.05) is 19.1 Å². The van der Waals surface area contributed by atoms with Crippen molar-refractivity contribution in [3.8, 4) is 5.75 Å². The maximum Gasteiger partial charge on any atom is 0.123 e. The fraction of sp³-hybridized carbons (Fsp3) is 0.647. The molecule has 1 aromatic rings. The fourth-order valence-corrected chi connectivity index (χ4v) is 3.56. The maximum absolute atomic E-state index is 12.8. The van der Waals surface area contributed by atoms with Crippen LogP contribution in [0.15, 0.2) is 24.3 Å². The lowest BCUT2D eigenvalue weighted by atomic mass is 9.90. The summed E-state index contributed by atoms with van der Waals surface area (Å²) in [5.74, 6) is 1.33. The molecule has 2 atom stereocenters. The van der Waals surface area contributed by atoms with Crippen LogP contribution in [-0.2, 0) is 0 Å². The minimum Gasteiger partial charge on any atom is -0.492 e. The van der Waals surface area contributed by atoms with Gasteiger partial charge >= 0.3 is 0 Å². The molecular formula is C17H25FN2O. The summed E-state index contributed by atoms with van der Waals surface area (Å²) in [6.45, 7) is 5.19. The van der Waals surface area contributed by atoms with Crippen LogP contribution in [0.3, 0.4) is 0 Å². The highest BCUT2D eigenvalue weighted by atomic mass is 19.1. The third-order valence-electron chi connectivity index (χ3n) is 4.70. The van der Waals surface area contributed by atoms with E-state index >= 15 is 0 Å². The largest absolute Gasteiger partial charge is 0.492 e. The first-order valence-electron chi connectivity index (χ1n) is 8.15. The lowest BCUT2D eigenvalue weighted by Crippen LogP contribution is -2.44. The molecule has 116 valence electrons. The van der Waals surface area contributed by atoms with E-state index in [4.69, 9.17) is 4.74 Å². The van der Waals surface area contributed by atoms with Crippen molar-refractivity contribution in [3.63, 3.8) is 0 Å². The summed E-state index contributed by atoms with van der Waals surface area (Å²) >= 11 is 0. The molecule has 0 spiro atoms. The van der Waals surface area contributed by atoms with Gasteiger partial charge in [0.25, 0.3) is 0 Å². The van der Waals surface area contributed by atoms with E-state index in [1.807, 2.05) is 0 Å². The summed E-state index contributed by atoms with van der Waals surface area (Å²) in [5.41, 5.74) is 0. The van der Waals surface area contributed by atoms with Gasteiger partial charge in [-0.05, 0) is 69.0 Å². The van der Waals surface area contributed by atoms with Crippen LogP contribution in [0, 0.1) is 11.7 Å². The van der Waals surface area contributed by atoms with Gasteiger partial charge in [-0.2, -0.15) is 0 Å². The van der Waals surface area contributed by atoms with E-state index in [2.05, 4.69) is 10.2 Å². The molecule has 0 saturated carbocycles. The zero-order valence-corrected chi connectivity index (χ0v) is 12.6. The SMILES string of the molecule is Fc1ccc(OCCN2CCCC(C3CCCN3)C2)cc1. The van der Waals surface area contributed by atoms with Gasteiger partial charge in [0.15, 0.2) is 0 Å². The van der Waals surface area contributed by atoms with Crippen LogP contribution in [0.1, 0.15) is 25.7 Å². The van der Waals surface area contributed by atoms with Crippen LogP contribution in [0.25, 0.3) is 0 Å². The lowest BCUT2D eigenvalue weighted by Gasteiger charge is -2.35. The minimum atomic E-state index is -0.217. The van der Waals surface area contributed by atoms with E-state index in [1.54, 1.807) is 12.1 Å². The highest BCUT2D eigenvalue weighted by Crippen LogP contribution is 2.24. The molecule has 0 bridgehead atoms. The zero-order chi connectivity index (χ0) is 14.5. The average molecular weight is 292 g/mol. The number of rotatable bonds is 5. The summed E-state index contributed by atoms with van der Waals surface area (Å²) in [6.07, 6.45) is 5.31. The highest BCUT2D eigenvalue weighted by molar-refractivity contribution is 5.21. The Hall–Kier alpha value is -1.13. The zero-order valence-electron chi connectivity index (χ0n) is 12.6. The van der Waals surface area contributed by atoms with Crippen molar-refractivity contribution in [2.45, 2.75) is 31.7 Å². The molecule has 2 aliphatic rings. The van der Waals surface area contributed by atoms with Crippen molar-refractivity contribution in [1.82, 2.24) is 10.2 Å². The fourth-order valence-electron chi connectivity index (χ4n) is 3.56. The highest BCUT2D eigenvalue weighted by Gasteiger charge is 2.28. The van der Waals surface area contributed by atoms with Crippen LogP contribution in [-0.4, -0.2) is 43.7 Å². The third-order valence-corrected chi connectivity index (χ3v) is 4.70. The van der Waals surface area contributed by atoms with Gasteiger partial charge < -0.3 is 10.1 Å². The molecular weight excluding hydrogens is 267 g/mol.